The molecular weight excluding hydrogens is 254 g/mol. The van der Waals surface area contributed by atoms with Crippen LogP contribution in [-0.4, -0.2) is 21.8 Å². The van der Waals surface area contributed by atoms with Gasteiger partial charge in [-0.25, -0.2) is 9.97 Å². The third kappa shape index (κ3) is 5.01. The minimum Gasteiger partial charge on any atom is -0.370 e. The molecule has 1 heterocycles. The number of hydrogen-bond donors (Lipinski definition) is 1. The van der Waals surface area contributed by atoms with Crippen molar-refractivity contribution in [2.24, 2.45) is 0 Å². The van der Waals surface area contributed by atoms with Gasteiger partial charge >= 0.3 is 0 Å². The smallest absolute Gasteiger partial charge is 0.133 e. The number of thioether (sulfide) groups is 1. The van der Waals surface area contributed by atoms with Crippen LogP contribution in [0.5, 0.6) is 0 Å². The summed E-state index contributed by atoms with van der Waals surface area (Å²) in [6, 6.07) is 0. The number of aromatic nitrogens is 2. The summed E-state index contributed by atoms with van der Waals surface area (Å²) in [4.78, 5) is 9.39. The molecule has 1 unspecified atom stereocenters. The van der Waals surface area contributed by atoms with Crippen molar-refractivity contribution >= 4 is 17.6 Å². The molecule has 0 saturated carbocycles. The van der Waals surface area contributed by atoms with E-state index in [1.165, 1.54) is 5.56 Å². The van der Waals surface area contributed by atoms with Crippen LogP contribution in [0.3, 0.4) is 0 Å². The summed E-state index contributed by atoms with van der Waals surface area (Å²) in [5.41, 5.74) is 1.19. The number of aryl methyl sites for hydroxylation is 1. The second-order valence-corrected chi connectivity index (χ2v) is 6.36. The van der Waals surface area contributed by atoms with Gasteiger partial charge in [-0.15, -0.1) is 11.8 Å². The Labute approximate surface area is 122 Å². The SMILES string of the molecule is CCCNc1nc(CCC)nc(SC(C)CC)c1C. The highest BCUT2D eigenvalue weighted by atomic mass is 32.2. The van der Waals surface area contributed by atoms with Crippen LogP contribution in [0.1, 0.15) is 58.3 Å². The Morgan fingerprint density at radius 2 is 1.89 bits per heavy atom. The number of nitrogens with one attached hydrogen (secondary N) is 1. The van der Waals surface area contributed by atoms with E-state index in [2.05, 4.69) is 44.9 Å². The molecule has 108 valence electrons. The molecule has 0 spiro atoms. The lowest BCUT2D eigenvalue weighted by molar-refractivity contribution is 0.796. The fourth-order valence-electron chi connectivity index (χ4n) is 1.68. The van der Waals surface area contributed by atoms with Gasteiger partial charge < -0.3 is 5.32 Å². The zero-order valence-corrected chi connectivity index (χ0v) is 13.7. The molecule has 1 aromatic rings. The van der Waals surface area contributed by atoms with Gasteiger partial charge in [0.15, 0.2) is 0 Å². The second kappa shape index (κ2) is 8.41. The number of anilines is 1. The fourth-order valence-corrected chi connectivity index (χ4v) is 2.66. The van der Waals surface area contributed by atoms with E-state index >= 15 is 0 Å². The molecule has 0 aliphatic carbocycles. The second-order valence-electron chi connectivity index (χ2n) is 4.93. The molecular formula is C15H27N3S. The molecule has 4 heteroatoms. The van der Waals surface area contributed by atoms with E-state index in [4.69, 9.17) is 4.98 Å². The summed E-state index contributed by atoms with van der Waals surface area (Å²) >= 11 is 1.87. The molecule has 0 saturated heterocycles. The van der Waals surface area contributed by atoms with Gasteiger partial charge in [0.25, 0.3) is 0 Å². The maximum Gasteiger partial charge on any atom is 0.133 e. The van der Waals surface area contributed by atoms with Gasteiger partial charge in [0, 0.05) is 23.8 Å². The highest BCUT2D eigenvalue weighted by Crippen LogP contribution is 2.29. The predicted octanol–water partition coefficient (Wildman–Crippen LogP) is 4.45. The predicted molar refractivity (Wildman–Crippen MR) is 85.2 cm³/mol. The Bertz CT molecular complexity index is 393. The Morgan fingerprint density at radius 3 is 2.47 bits per heavy atom. The van der Waals surface area contributed by atoms with Crippen LogP contribution in [0.15, 0.2) is 5.03 Å². The van der Waals surface area contributed by atoms with E-state index in [9.17, 15) is 0 Å². The zero-order chi connectivity index (χ0) is 14.3. The standard InChI is InChI=1S/C15H27N3S/c1-6-9-13-17-14(16-10-7-2)12(5)15(18-13)19-11(4)8-3/h11H,6-10H2,1-5H3,(H,16,17,18). The van der Waals surface area contributed by atoms with Crippen molar-refractivity contribution in [3.8, 4) is 0 Å². The number of hydrogen-bond acceptors (Lipinski definition) is 4. The molecule has 0 radical (unpaired) electrons. The molecule has 1 N–H and O–H groups in total. The lowest BCUT2D eigenvalue weighted by Crippen LogP contribution is -2.09. The Balaban J connectivity index is 3.01. The zero-order valence-electron chi connectivity index (χ0n) is 12.9. The van der Waals surface area contributed by atoms with Crippen molar-refractivity contribution in [1.82, 2.24) is 9.97 Å². The van der Waals surface area contributed by atoms with Gasteiger partial charge in [-0.2, -0.15) is 0 Å². The molecule has 1 rings (SSSR count). The largest absolute Gasteiger partial charge is 0.370 e. The Hall–Kier alpha value is -0.770. The molecule has 0 bridgehead atoms. The van der Waals surface area contributed by atoms with E-state index < -0.39 is 0 Å². The van der Waals surface area contributed by atoms with E-state index in [0.29, 0.717) is 5.25 Å². The summed E-state index contributed by atoms with van der Waals surface area (Å²) in [5.74, 6) is 1.99. The van der Waals surface area contributed by atoms with Crippen LogP contribution in [0.2, 0.25) is 0 Å². The molecule has 0 amide bonds. The minimum atomic E-state index is 0.599. The molecule has 19 heavy (non-hydrogen) atoms. The van der Waals surface area contributed by atoms with Crippen molar-refractivity contribution in [1.29, 1.82) is 0 Å². The maximum absolute atomic E-state index is 4.73. The first-order valence-electron chi connectivity index (χ1n) is 7.40. The lowest BCUT2D eigenvalue weighted by Gasteiger charge is -2.15. The van der Waals surface area contributed by atoms with Crippen LogP contribution in [0.25, 0.3) is 0 Å². The Kier molecular flexibility index (Phi) is 7.21. The van der Waals surface area contributed by atoms with Crippen molar-refractivity contribution in [2.75, 3.05) is 11.9 Å². The number of nitrogens with zero attached hydrogens (tertiary/aromatic N) is 2. The van der Waals surface area contributed by atoms with E-state index in [1.807, 2.05) is 11.8 Å². The van der Waals surface area contributed by atoms with Crippen molar-refractivity contribution in [2.45, 2.75) is 70.6 Å². The van der Waals surface area contributed by atoms with Crippen molar-refractivity contribution in [3.05, 3.63) is 11.4 Å². The average molecular weight is 281 g/mol. The molecule has 1 aromatic heterocycles. The molecule has 0 fully saturated rings. The molecule has 0 aliphatic heterocycles. The normalized spacial score (nSPS) is 12.5. The molecule has 1 atom stereocenters. The summed E-state index contributed by atoms with van der Waals surface area (Å²) in [5, 5.41) is 5.17. The van der Waals surface area contributed by atoms with Crippen LogP contribution in [0, 0.1) is 6.92 Å². The molecule has 0 aromatic carbocycles. The number of rotatable bonds is 8. The van der Waals surface area contributed by atoms with E-state index in [-0.39, 0.29) is 0 Å². The lowest BCUT2D eigenvalue weighted by atomic mass is 10.3. The van der Waals surface area contributed by atoms with Gasteiger partial charge in [0.1, 0.15) is 16.7 Å². The van der Waals surface area contributed by atoms with Crippen LogP contribution in [0.4, 0.5) is 5.82 Å². The first kappa shape index (κ1) is 16.3. The highest BCUT2D eigenvalue weighted by molar-refractivity contribution is 7.99. The van der Waals surface area contributed by atoms with Crippen LogP contribution in [-0.2, 0) is 6.42 Å². The summed E-state index contributed by atoms with van der Waals surface area (Å²) in [7, 11) is 0. The van der Waals surface area contributed by atoms with Gasteiger partial charge in [-0.05, 0) is 26.2 Å². The van der Waals surface area contributed by atoms with Gasteiger partial charge in [0.2, 0.25) is 0 Å². The molecule has 3 nitrogen and oxygen atoms in total. The first-order chi connectivity index (χ1) is 9.12. The third-order valence-electron chi connectivity index (χ3n) is 3.05. The van der Waals surface area contributed by atoms with Crippen molar-refractivity contribution < 1.29 is 0 Å². The maximum atomic E-state index is 4.73. The topological polar surface area (TPSA) is 37.8 Å². The molecule has 0 aliphatic rings. The average Bonchev–Trinajstić information content (AvgIpc) is 2.40. The van der Waals surface area contributed by atoms with Crippen molar-refractivity contribution in [3.63, 3.8) is 0 Å². The Morgan fingerprint density at radius 1 is 1.16 bits per heavy atom. The van der Waals surface area contributed by atoms with Gasteiger partial charge in [0.05, 0.1) is 0 Å². The van der Waals surface area contributed by atoms with Gasteiger partial charge in [-0.3, -0.25) is 0 Å². The fraction of sp³-hybridized carbons (Fsp3) is 0.733. The summed E-state index contributed by atoms with van der Waals surface area (Å²) in [6.07, 6.45) is 4.31. The first-order valence-corrected chi connectivity index (χ1v) is 8.28. The minimum absolute atomic E-state index is 0.599. The third-order valence-corrected chi connectivity index (χ3v) is 4.41. The highest BCUT2D eigenvalue weighted by Gasteiger charge is 2.13. The monoisotopic (exact) mass is 281 g/mol. The quantitative estimate of drug-likeness (QED) is 0.564. The summed E-state index contributed by atoms with van der Waals surface area (Å²) < 4.78 is 0. The van der Waals surface area contributed by atoms with E-state index in [1.54, 1.807) is 0 Å². The van der Waals surface area contributed by atoms with E-state index in [0.717, 1.165) is 48.9 Å². The summed E-state index contributed by atoms with van der Waals surface area (Å²) in [6.45, 7) is 11.9. The van der Waals surface area contributed by atoms with Crippen LogP contribution < -0.4 is 5.32 Å². The van der Waals surface area contributed by atoms with Crippen LogP contribution >= 0.6 is 11.8 Å². The van der Waals surface area contributed by atoms with Gasteiger partial charge in [-0.1, -0.05) is 27.7 Å².